The second kappa shape index (κ2) is 8.89. The van der Waals surface area contributed by atoms with Gasteiger partial charge in [-0.3, -0.25) is 4.99 Å². The van der Waals surface area contributed by atoms with Crippen molar-refractivity contribution in [3.63, 3.8) is 0 Å². The smallest absolute Gasteiger partial charge is 0.148 e. The molecule has 2 rings (SSSR count). The molecule has 6 heteroatoms. The number of hydrogen-bond acceptors (Lipinski definition) is 4. The maximum atomic E-state index is 10.0. The first-order chi connectivity index (χ1) is 11.7. The predicted molar refractivity (Wildman–Crippen MR) is 93.2 cm³/mol. The number of benzene rings is 2. The molecule has 0 unspecified atom stereocenters. The molecule has 0 aromatic heterocycles. The highest BCUT2D eigenvalue weighted by Gasteiger charge is 2.08. The molecule has 1 atom stereocenters. The van der Waals surface area contributed by atoms with Crippen LogP contribution in [0.4, 0.5) is 0 Å². The number of phenols is 1. The van der Waals surface area contributed by atoms with E-state index in [1.807, 2.05) is 30.3 Å². The van der Waals surface area contributed by atoms with E-state index in [2.05, 4.69) is 20.9 Å². The molecule has 0 aliphatic heterocycles. The third-order valence-corrected chi connectivity index (χ3v) is 3.22. The Labute approximate surface area is 140 Å². The van der Waals surface area contributed by atoms with E-state index in [0.717, 1.165) is 5.56 Å². The van der Waals surface area contributed by atoms with E-state index in [1.54, 1.807) is 18.3 Å². The zero-order valence-corrected chi connectivity index (χ0v) is 12.9. The molecule has 0 bridgehead atoms. The van der Waals surface area contributed by atoms with Crippen molar-refractivity contribution in [2.45, 2.75) is 6.04 Å². The van der Waals surface area contributed by atoms with Crippen LogP contribution in [0.15, 0.2) is 58.6 Å². The Morgan fingerprint density at radius 2 is 2.08 bits per heavy atom. The zero-order chi connectivity index (χ0) is 17.2. The van der Waals surface area contributed by atoms with E-state index in [1.165, 1.54) is 6.07 Å². The van der Waals surface area contributed by atoms with Crippen molar-refractivity contribution in [2.75, 3.05) is 13.2 Å². The minimum absolute atomic E-state index is 0.0314. The van der Waals surface area contributed by atoms with Crippen molar-refractivity contribution < 1.29 is 9.84 Å². The van der Waals surface area contributed by atoms with Crippen LogP contribution in [-0.4, -0.2) is 24.5 Å². The molecule has 0 aliphatic carbocycles. The van der Waals surface area contributed by atoms with Gasteiger partial charge in [0.15, 0.2) is 0 Å². The van der Waals surface area contributed by atoms with Gasteiger partial charge in [-0.1, -0.05) is 41.4 Å². The minimum Gasteiger partial charge on any atom is -0.507 e. The van der Waals surface area contributed by atoms with Gasteiger partial charge < -0.3 is 9.84 Å². The topological polar surface area (TPSA) is 90.6 Å². The van der Waals surface area contributed by atoms with Gasteiger partial charge in [-0.2, -0.15) is 0 Å². The standard InChI is InChI=1S/C18H16N4O2/c1-2-10-24-16-9-8-15(18(23)11-16)12-20-17(13-21-22-19)14-6-4-3-5-7-14/h1,3-9,11-12,17,23H,10,13H2/t17-/m1/s1. The average molecular weight is 320 g/mol. The number of phenolic OH excluding ortho intramolecular Hbond substituents is 1. The van der Waals surface area contributed by atoms with Gasteiger partial charge in [-0.05, 0) is 23.2 Å². The highest BCUT2D eigenvalue weighted by molar-refractivity contribution is 5.83. The van der Waals surface area contributed by atoms with Crippen molar-refractivity contribution >= 4 is 6.21 Å². The molecule has 0 aliphatic rings. The summed E-state index contributed by atoms with van der Waals surface area (Å²) in [4.78, 5) is 7.21. The van der Waals surface area contributed by atoms with E-state index in [-0.39, 0.29) is 24.9 Å². The van der Waals surface area contributed by atoms with Crippen LogP contribution in [-0.2, 0) is 0 Å². The van der Waals surface area contributed by atoms with Crippen LogP contribution in [0.25, 0.3) is 10.4 Å². The lowest BCUT2D eigenvalue weighted by Gasteiger charge is -2.10. The number of nitrogens with zero attached hydrogens (tertiary/aromatic N) is 4. The number of hydrogen-bond donors (Lipinski definition) is 1. The van der Waals surface area contributed by atoms with Crippen molar-refractivity contribution in [1.29, 1.82) is 0 Å². The third-order valence-electron chi connectivity index (χ3n) is 3.22. The Kier molecular flexibility index (Phi) is 6.27. The summed E-state index contributed by atoms with van der Waals surface area (Å²) in [6.45, 7) is 0.330. The Balaban J connectivity index is 2.19. The normalized spacial score (nSPS) is 11.5. The van der Waals surface area contributed by atoms with Gasteiger partial charge in [0.1, 0.15) is 18.1 Å². The highest BCUT2D eigenvalue weighted by Crippen LogP contribution is 2.24. The van der Waals surface area contributed by atoms with E-state index in [0.29, 0.717) is 11.3 Å². The Morgan fingerprint density at radius 3 is 2.75 bits per heavy atom. The van der Waals surface area contributed by atoms with Crippen LogP contribution in [0.2, 0.25) is 0 Å². The summed E-state index contributed by atoms with van der Waals surface area (Å²) in [6.07, 6.45) is 6.67. The number of aromatic hydroxyl groups is 1. The van der Waals surface area contributed by atoms with Gasteiger partial charge in [0.05, 0.1) is 12.6 Å². The molecule has 0 fully saturated rings. The monoisotopic (exact) mass is 320 g/mol. The van der Waals surface area contributed by atoms with Gasteiger partial charge in [-0.25, -0.2) is 0 Å². The predicted octanol–water partition coefficient (Wildman–Crippen LogP) is 3.87. The number of terminal acetylenes is 1. The minimum atomic E-state index is -0.320. The van der Waals surface area contributed by atoms with Crippen LogP contribution >= 0.6 is 0 Å². The van der Waals surface area contributed by atoms with Crippen LogP contribution in [0.5, 0.6) is 11.5 Å². The SMILES string of the molecule is C#CCOc1ccc(C=N[C@H](CN=[N+]=[N-])c2ccccc2)c(O)c1. The molecule has 2 aromatic rings. The third kappa shape index (κ3) is 4.80. The van der Waals surface area contributed by atoms with E-state index < -0.39 is 0 Å². The van der Waals surface area contributed by atoms with Crippen LogP contribution in [0, 0.1) is 12.3 Å². The molecule has 6 nitrogen and oxygen atoms in total. The summed E-state index contributed by atoms with van der Waals surface area (Å²) in [7, 11) is 0. The number of aliphatic imine (C=N–C) groups is 1. The van der Waals surface area contributed by atoms with Crippen molar-refractivity contribution in [2.24, 2.45) is 10.1 Å². The molecule has 2 aromatic carbocycles. The van der Waals surface area contributed by atoms with Crippen LogP contribution in [0.1, 0.15) is 17.2 Å². The summed E-state index contributed by atoms with van der Waals surface area (Å²) < 4.78 is 5.24. The van der Waals surface area contributed by atoms with Gasteiger partial charge in [0.2, 0.25) is 0 Å². The van der Waals surface area contributed by atoms with Crippen molar-refractivity contribution in [3.05, 3.63) is 70.1 Å². The molecule has 0 amide bonds. The second-order valence-corrected chi connectivity index (χ2v) is 4.83. The molecule has 120 valence electrons. The van der Waals surface area contributed by atoms with Gasteiger partial charge in [0, 0.05) is 22.8 Å². The molecular formula is C18H16N4O2. The summed E-state index contributed by atoms with van der Waals surface area (Å²) >= 11 is 0. The lowest BCUT2D eigenvalue weighted by Crippen LogP contribution is -2.00. The summed E-state index contributed by atoms with van der Waals surface area (Å²) in [5.41, 5.74) is 9.99. The fourth-order valence-electron chi connectivity index (χ4n) is 2.05. The molecule has 0 saturated heterocycles. The second-order valence-electron chi connectivity index (χ2n) is 4.83. The number of azide groups is 1. The first kappa shape index (κ1) is 16.9. The van der Waals surface area contributed by atoms with E-state index in [9.17, 15) is 5.11 Å². The Bertz CT molecular complexity index is 790. The summed E-state index contributed by atoms with van der Waals surface area (Å²) in [6, 6.07) is 14.0. The molecule has 0 radical (unpaired) electrons. The number of ether oxygens (including phenoxy) is 1. The number of rotatable bonds is 7. The van der Waals surface area contributed by atoms with Gasteiger partial charge in [-0.15, -0.1) is 6.42 Å². The van der Waals surface area contributed by atoms with Crippen LogP contribution in [0.3, 0.4) is 0 Å². The molecule has 0 heterocycles. The Morgan fingerprint density at radius 1 is 1.29 bits per heavy atom. The Hall–Kier alpha value is -3.42. The summed E-state index contributed by atoms with van der Waals surface area (Å²) in [5.74, 6) is 2.87. The quantitative estimate of drug-likeness (QED) is 0.276. The lowest BCUT2D eigenvalue weighted by atomic mass is 10.1. The fraction of sp³-hybridized carbons (Fsp3) is 0.167. The maximum Gasteiger partial charge on any atom is 0.148 e. The lowest BCUT2D eigenvalue weighted by molar-refractivity contribution is 0.366. The zero-order valence-electron chi connectivity index (χ0n) is 12.9. The van der Waals surface area contributed by atoms with Gasteiger partial charge >= 0.3 is 0 Å². The molecule has 24 heavy (non-hydrogen) atoms. The fourth-order valence-corrected chi connectivity index (χ4v) is 2.05. The first-order valence-electron chi connectivity index (χ1n) is 7.23. The van der Waals surface area contributed by atoms with E-state index in [4.69, 9.17) is 16.7 Å². The van der Waals surface area contributed by atoms with Crippen molar-refractivity contribution in [3.8, 4) is 23.8 Å². The average Bonchev–Trinajstić information content (AvgIpc) is 2.62. The maximum absolute atomic E-state index is 10.0. The van der Waals surface area contributed by atoms with E-state index >= 15 is 0 Å². The molecule has 0 spiro atoms. The molecular weight excluding hydrogens is 304 g/mol. The highest BCUT2D eigenvalue weighted by atomic mass is 16.5. The first-order valence-corrected chi connectivity index (χ1v) is 7.23. The summed E-state index contributed by atoms with van der Waals surface area (Å²) in [5, 5.41) is 13.6. The van der Waals surface area contributed by atoms with Crippen LogP contribution < -0.4 is 4.74 Å². The largest absolute Gasteiger partial charge is 0.507 e. The van der Waals surface area contributed by atoms with Gasteiger partial charge in [0.25, 0.3) is 0 Å². The van der Waals surface area contributed by atoms with Crippen molar-refractivity contribution in [1.82, 2.24) is 0 Å². The molecule has 0 saturated carbocycles. The molecule has 1 N–H and O–H groups in total.